The van der Waals surface area contributed by atoms with Crippen molar-refractivity contribution in [3.05, 3.63) is 77.5 Å². The summed E-state index contributed by atoms with van der Waals surface area (Å²) < 4.78 is 5.58. The van der Waals surface area contributed by atoms with Crippen LogP contribution < -0.4 is 10.2 Å². The Kier molecular flexibility index (Phi) is 5.96. The molecule has 6 nitrogen and oxygen atoms in total. The van der Waals surface area contributed by atoms with Crippen molar-refractivity contribution in [1.82, 2.24) is 4.98 Å². The second-order valence-electron chi connectivity index (χ2n) is 7.71. The molecule has 1 aliphatic heterocycles. The van der Waals surface area contributed by atoms with Crippen molar-refractivity contribution >= 4 is 17.4 Å². The predicted octanol–water partition coefficient (Wildman–Crippen LogP) is 4.41. The van der Waals surface area contributed by atoms with Crippen molar-refractivity contribution in [3.8, 4) is 17.2 Å². The highest BCUT2D eigenvalue weighted by Crippen LogP contribution is 2.26. The molecule has 1 aromatic heterocycles. The van der Waals surface area contributed by atoms with Gasteiger partial charge < -0.3 is 15.0 Å². The zero-order valence-electron chi connectivity index (χ0n) is 17.6. The molecule has 6 heteroatoms. The summed E-state index contributed by atoms with van der Waals surface area (Å²) in [6, 6.07) is 18.9. The van der Waals surface area contributed by atoms with Crippen LogP contribution in [0.15, 0.2) is 60.8 Å². The Bertz CT molecular complexity index is 1120. The number of morpholine rings is 1. The molecule has 0 aliphatic carbocycles. The summed E-state index contributed by atoms with van der Waals surface area (Å²) >= 11 is 0. The van der Waals surface area contributed by atoms with Gasteiger partial charge in [-0.05, 0) is 66.9 Å². The Hall–Kier alpha value is -3.69. The first-order valence-electron chi connectivity index (χ1n) is 10.3. The predicted molar refractivity (Wildman–Crippen MR) is 121 cm³/mol. The molecule has 1 atom stereocenters. The lowest BCUT2D eigenvalue weighted by Gasteiger charge is -2.32. The van der Waals surface area contributed by atoms with Gasteiger partial charge >= 0.3 is 0 Å². The molecule has 0 saturated carbocycles. The average Bonchev–Trinajstić information content (AvgIpc) is 2.80. The van der Waals surface area contributed by atoms with Crippen molar-refractivity contribution in [2.45, 2.75) is 20.0 Å². The lowest BCUT2D eigenvalue weighted by Crippen LogP contribution is -2.41. The number of hydrogen-bond acceptors (Lipinski definition) is 5. The third kappa shape index (κ3) is 4.73. The number of benzene rings is 2. The van der Waals surface area contributed by atoms with Gasteiger partial charge in [0.1, 0.15) is 5.82 Å². The van der Waals surface area contributed by atoms with E-state index in [9.17, 15) is 4.79 Å². The fourth-order valence-corrected chi connectivity index (χ4v) is 3.68. The minimum absolute atomic E-state index is 0.182. The molecule has 31 heavy (non-hydrogen) atoms. The van der Waals surface area contributed by atoms with Crippen molar-refractivity contribution in [1.29, 1.82) is 5.26 Å². The SMILES string of the molecule is Cc1ccc(C(=O)Nc2ccc(N3CCO[C@H](C)C3)nc2)cc1-c1ccc(C#N)cc1. The number of carbonyl (C=O) groups excluding carboxylic acids is 1. The zero-order chi connectivity index (χ0) is 21.8. The van der Waals surface area contributed by atoms with Gasteiger partial charge in [-0.15, -0.1) is 0 Å². The summed E-state index contributed by atoms with van der Waals surface area (Å²) in [4.78, 5) is 19.5. The summed E-state index contributed by atoms with van der Waals surface area (Å²) in [5.74, 6) is 0.691. The normalized spacial score (nSPS) is 15.9. The van der Waals surface area contributed by atoms with E-state index in [1.54, 1.807) is 18.3 Å². The quantitative estimate of drug-likeness (QED) is 0.687. The number of ether oxygens (including phenoxy) is 1. The van der Waals surface area contributed by atoms with E-state index in [4.69, 9.17) is 10.00 Å². The van der Waals surface area contributed by atoms with Crippen LogP contribution in [-0.2, 0) is 4.74 Å². The Balaban J connectivity index is 1.49. The van der Waals surface area contributed by atoms with Gasteiger partial charge in [-0.25, -0.2) is 4.98 Å². The highest BCUT2D eigenvalue weighted by molar-refractivity contribution is 6.05. The topological polar surface area (TPSA) is 78.2 Å². The van der Waals surface area contributed by atoms with Crippen LogP contribution in [0.5, 0.6) is 0 Å². The average molecular weight is 412 g/mol. The van der Waals surface area contributed by atoms with Crippen LogP contribution >= 0.6 is 0 Å². The van der Waals surface area contributed by atoms with Gasteiger partial charge in [0.25, 0.3) is 5.91 Å². The third-order valence-electron chi connectivity index (χ3n) is 5.40. The van der Waals surface area contributed by atoms with E-state index in [1.807, 2.05) is 49.4 Å². The zero-order valence-corrected chi connectivity index (χ0v) is 17.6. The molecule has 1 saturated heterocycles. The minimum atomic E-state index is -0.190. The van der Waals surface area contributed by atoms with Crippen LogP contribution in [0.25, 0.3) is 11.1 Å². The molecule has 0 spiro atoms. The first-order chi connectivity index (χ1) is 15.0. The molecule has 1 N–H and O–H groups in total. The van der Waals surface area contributed by atoms with Crippen molar-refractivity contribution < 1.29 is 9.53 Å². The second-order valence-corrected chi connectivity index (χ2v) is 7.71. The van der Waals surface area contributed by atoms with Crippen molar-refractivity contribution in [2.24, 2.45) is 0 Å². The van der Waals surface area contributed by atoms with Gasteiger partial charge in [-0.1, -0.05) is 18.2 Å². The van der Waals surface area contributed by atoms with E-state index in [1.165, 1.54) is 0 Å². The van der Waals surface area contributed by atoms with Crippen LogP contribution in [0.2, 0.25) is 0 Å². The van der Waals surface area contributed by atoms with Crippen LogP contribution in [0.1, 0.15) is 28.4 Å². The molecule has 156 valence electrons. The van der Waals surface area contributed by atoms with Crippen molar-refractivity contribution in [2.75, 3.05) is 29.9 Å². The molecule has 3 aromatic rings. The summed E-state index contributed by atoms with van der Waals surface area (Å²) in [6.07, 6.45) is 1.87. The smallest absolute Gasteiger partial charge is 0.255 e. The maximum absolute atomic E-state index is 12.8. The molecular weight excluding hydrogens is 388 g/mol. The minimum Gasteiger partial charge on any atom is -0.375 e. The molecule has 0 bridgehead atoms. The van der Waals surface area contributed by atoms with E-state index < -0.39 is 0 Å². The summed E-state index contributed by atoms with van der Waals surface area (Å²) in [7, 11) is 0. The molecule has 2 aromatic carbocycles. The fourth-order valence-electron chi connectivity index (χ4n) is 3.68. The highest BCUT2D eigenvalue weighted by atomic mass is 16.5. The number of nitrogens with zero attached hydrogens (tertiary/aromatic N) is 3. The number of nitrogens with one attached hydrogen (secondary N) is 1. The van der Waals surface area contributed by atoms with Crippen LogP contribution in [-0.4, -0.2) is 36.7 Å². The highest BCUT2D eigenvalue weighted by Gasteiger charge is 2.18. The molecule has 1 aliphatic rings. The number of anilines is 2. The number of pyridine rings is 1. The first-order valence-corrected chi connectivity index (χ1v) is 10.3. The monoisotopic (exact) mass is 412 g/mol. The molecule has 0 unspecified atom stereocenters. The van der Waals surface area contributed by atoms with E-state index in [-0.39, 0.29) is 12.0 Å². The number of carbonyl (C=O) groups is 1. The molecular formula is C25H24N4O2. The van der Waals surface area contributed by atoms with Gasteiger partial charge in [0, 0.05) is 18.7 Å². The first kappa shape index (κ1) is 20.6. The van der Waals surface area contributed by atoms with E-state index in [0.717, 1.165) is 35.6 Å². The maximum atomic E-state index is 12.8. The van der Waals surface area contributed by atoms with Crippen LogP contribution in [0, 0.1) is 18.3 Å². The molecule has 2 heterocycles. The van der Waals surface area contributed by atoms with E-state index in [0.29, 0.717) is 23.4 Å². The standard InChI is InChI=1S/C25H24N4O2/c1-17-3-6-21(13-23(17)20-7-4-19(14-26)5-8-20)25(30)28-22-9-10-24(27-15-22)29-11-12-31-18(2)16-29/h3-10,13,15,18H,11-12,16H2,1-2H3,(H,28,30)/t18-/m1/s1. The molecule has 1 fully saturated rings. The van der Waals surface area contributed by atoms with Gasteiger partial charge in [0.05, 0.1) is 36.2 Å². The largest absolute Gasteiger partial charge is 0.375 e. The Morgan fingerprint density at radius 3 is 2.68 bits per heavy atom. The Morgan fingerprint density at radius 2 is 2.00 bits per heavy atom. The number of rotatable bonds is 4. The lowest BCUT2D eigenvalue weighted by molar-refractivity contribution is 0.0529. The third-order valence-corrected chi connectivity index (χ3v) is 5.40. The van der Waals surface area contributed by atoms with Gasteiger partial charge in [-0.3, -0.25) is 4.79 Å². The molecule has 4 rings (SSSR count). The lowest BCUT2D eigenvalue weighted by atomic mass is 9.97. The number of hydrogen-bond donors (Lipinski definition) is 1. The number of aryl methyl sites for hydroxylation is 1. The Labute approximate surface area is 182 Å². The van der Waals surface area contributed by atoms with Crippen LogP contribution in [0.4, 0.5) is 11.5 Å². The summed E-state index contributed by atoms with van der Waals surface area (Å²) in [5, 5.41) is 11.9. The van der Waals surface area contributed by atoms with Gasteiger partial charge in [0.2, 0.25) is 0 Å². The van der Waals surface area contributed by atoms with Gasteiger partial charge in [-0.2, -0.15) is 5.26 Å². The fraction of sp³-hybridized carbons (Fsp3) is 0.240. The number of amides is 1. The summed E-state index contributed by atoms with van der Waals surface area (Å²) in [5.41, 5.74) is 4.82. The van der Waals surface area contributed by atoms with Crippen LogP contribution in [0.3, 0.4) is 0 Å². The maximum Gasteiger partial charge on any atom is 0.255 e. The molecule has 0 radical (unpaired) electrons. The van der Waals surface area contributed by atoms with E-state index in [2.05, 4.69) is 28.2 Å². The number of aromatic nitrogens is 1. The molecule has 1 amide bonds. The van der Waals surface area contributed by atoms with Gasteiger partial charge in [0.15, 0.2) is 0 Å². The second kappa shape index (κ2) is 8.99. The number of nitriles is 1. The Morgan fingerprint density at radius 1 is 1.19 bits per heavy atom. The van der Waals surface area contributed by atoms with E-state index >= 15 is 0 Å². The summed E-state index contributed by atoms with van der Waals surface area (Å²) in [6.45, 7) is 6.36. The van der Waals surface area contributed by atoms with Crippen molar-refractivity contribution in [3.63, 3.8) is 0 Å².